The van der Waals surface area contributed by atoms with Gasteiger partial charge in [0.2, 0.25) is 11.8 Å². The van der Waals surface area contributed by atoms with E-state index in [-0.39, 0.29) is 12.2 Å². The Kier molecular flexibility index (Phi) is 3.68. The van der Waals surface area contributed by atoms with Crippen LogP contribution in [-0.2, 0) is 9.59 Å². The number of alkyl halides is 2. The zero-order valence-corrected chi connectivity index (χ0v) is 8.02. The van der Waals surface area contributed by atoms with Crippen LogP contribution in [0.25, 0.3) is 0 Å². The van der Waals surface area contributed by atoms with Gasteiger partial charge in [-0.2, -0.15) is 0 Å². The smallest absolute Gasteiger partial charge is 0.250 e. The van der Waals surface area contributed by atoms with Crippen LogP contribution >= 0.6 is 11.8 Å². The molecule has 1 heterocycles. The molecule has 0 aromatic carbocycles. The number of halogens is 2. The standard InChI is InChI=1S/C7H10F2N2O2S/c8-6(9)4-1-5(12)11-3(2-14-4)7(10)13/h3-4,6H,1-2H2,(H2,10,13)(H,11,12)/t3-,4-/m1/s1. The van der Waals surface area contributed by atoms with Gasteiger partial charge >= 0.3 is 0 Å². The van der Waals surface area contributed by atoms with Crippen molar-refractivity contribution < 1.29 is 18.4 Å². The highest BCUT2D eigenvalue weighted by Gasteiger charge is 2.31. The SMILES string of the molecule is NC(=O)[C@H]1CS[C@@H](C(F)F)CC(=O)N1. The third-order valence-electron chi connectivity index (χ3n) is 1.82. The van der Waals surface area contributed by atoms with Crippen molar-refractivity contribution in [3.05, 3.63) is 0 Å². The second kappa shape index (κ2) is 4.59. The highest BCUT2D eigenvalue weighted by molar-refractivity contribution is 8.00. The van der Waals surface area contributed by atoms with E-state index >= 15 is 0 Å². The summed E-state index contributed by atoms with van der Waals surface area (Å²) in [5.74, 6) is -1.14. The Morgan fingerprint density at radius 2 is 2.29 bits per heavy atom. The van der Waals surface area contributed by atoms with Crippen LogP contribution in [0.15, 0.2) is 0 Å². The maximum atomic E-state index is 12.3. The fraction of sp³-hybridized carbons (Fsp3) is 0.714. The molecule has 0 bridgehead atoms. The third kappa shape index (κ3) is 2.83. The van der Waals surface area contributed by atoms with Crippen molar-refractivity contribution in [2.45, 2.75) is 24.1 Å². The minimum atomic E-state index is -2.56. The molecule has 1 aliphatic rings. The number of thioether (sulfide) groups is 1. The van der Waals surface area contributed by atoms with Crippen LogP contribution < -0.4 is 11.1 Å². The molecule has 80 valence electrons. The first kappa shape index (κ1) is 11.2. The quantitative estimate of drug-likeness (QED) is 0.678. The largest absolute Gasteiger partial charge is 0.368 e. The highest BCUT2D eigenvalue weighted by Crippen LogP contribution is 2.24. The minimum Gasteiger partial charge on any atom is -0.368 e. The highest BCUT2D eigenvalue weighted by atomic mass is 32.2. The topological polar surface area (TPSA) is 72.2 Å². The van der Waals surface area contributed by atoms with E-state index in [9.17, 15) is 18.4 Å². The van der Waals surface area contributed by atoms with E-state index in [1.54, 1.807) is 0 Å². The van der Waals surface area contributed by atoms with Crippen LogP contribution in [0.2, 0.25) is 0 Å². The summed E-state index contributed by atoms with van der Waals surface area (Å²) in [6, 6.07) is -0.837. The van der Waals surface area contributed by atoms with Crippen molar-refractivity contribution in [1.82, 2.24) is 5.32 Å². The van der Waals surface area contributed by atoms with Crippen LogP contribution in [0.5, 0.6) is 0 Å². The second-order valence-electron chi connectivity index (χ2n) is 2.93. The van der Waals surface area contributed by atoms with E-state index in [1.165, 1.54) is 0 Å². The molecule has 7 heteroatoms. The lowest BCUT2D eigenvalue weighted by Crippen LogP contribution is -2.44. The second-order valence-corrected chi connectivity index (χ2v) is 4.20. The average molecular weight is 224 g/mol. The zero-order valence-electron chi connectivity index (χ0n) is 7.20. The van der Waals surface area contributed by atoms with Crippen molar-refractivity contribution >= 4 is 23.6 Å². The molecule has 1 rings (SSSR count). The summed E-state index contributed by atoms with van der Waals surface area (Å²) in [6.07, 6.45) is -2.83. The summed E-state index contributed by atoms with van der Waals surface area (Å²) in [7, 11) is 0. The maximum Gasteiger partial charge on any atom is 0.250 e. The van der Waals surface area contributed by atoms with Crippen molar-refractivity contribution in [2.24, 2.45) is 5.73 Å². The summed E-state index contributed by atoms with van der Waals surface area (Å²) in [5, 5.41) is 1.25. The number of hydrogen-bond donors (Lipinski definition) is 2. The number of nitrogens with one attached hydrogen (secondary N) is 1. The monoisotopic (exact) mass is 224 g/mol. The van der Waals surface area contributed by atoms with Gasteiger partial charge in [0.05, 0.1) is 5.25 Å². The third-order valence-corrected chi connectivity index (χ3v) is 3.15. The summed E-state index contributed by atoms with van der Waals surface area (Å²) in [4.78, 5) is 21.8. The molecule has 0 unspecified atom stereocenters. The lowest BCUT2D eigenvalue weighted by Gasteiger charge is -2.10. The van der Waals surface area contributed by atoms with Crippen molar-refractivity contribution in [3.63, 3.8) is 0 Å². The van der Waals surface area contributed by atoms with E-state index in [0.717, 1.165) is 11.8 Å². The summed E-state index contributed by atoms with van der Waals surface area (Å²) in [5.41, 5.74) is 4.97. The molecule has 2 amide bonds. The van der Waals surface area contributed by atoms with Gasteiger partial charge in [-0.15, -0.1) is 11.8 Å². The van der Waals surface area contributed by atoms with Gasteiger partial charge in [-0.1, -0.05) is 0 Å². The van der Waals surface area contributed by atoms with Crippen molar-refractivity contribution in [3.8, 4) is 0 Å². The zero-order chi connectivity index (χ0) is 10.7. The number of amides is 2. The Morgan fingerprint density at radius 1 is 1.64 bits per heavy atom. The van der Waals surface area contributed by atoms with Crippen molar-refractivity contribution in [2.75, 3.05) is 5.75 Å². The lowest BCUT2D eigenvalue weighted by atomic mass is 10.2. The van der Waals surface area contributed by atoms with E-state index in [4.69, 9.17) is 5.73 Å². The molecule has 1 aliphatic heterocycles. The molecule has 14 heavy (non-hydrogen) atoms. The first-order valence-corrected chi connectivity index (χ1v) is 5.04. The molecule has 1 saturated heterocycles. The van der Waals surface area contributed by atoms with Gasteiger partial charge in [0, 0.05) is 12.2 Å². The first-order valence-electron chi connectivity index (χ1n) is 3.99. The van der Waals surface area contributed by atoms with E-state index in [1.807, 2.05) is 0 Å². The fourth-order valence-corrected chi connectivity index (χ4v) is 2.17. The molecule has 0 radical (unpaired) electrons. The number of hydrogen-bond acceptors (Lipinski definition) is 3. The minimum absolute atomic E-state index is 0.107. The van der Waals surface area contributed by atoms with Gasteiger partial charge in [-0.05, 0) is 0 Å². The molecule has 0 spiro atoms. The van der Waals surface area contributed by atoms with Gasteiger partial charge in [-0.3, -0.25) is 9.59 Å². The summed E-state index contributed by atoms with van der Waals surface area (Å²) in [6.45, 7) is 0. The Bertz CT molecular complexity index is 250. The molecule has 0 aromatic rings. The summed E-state index contributed by atoms with van der Waals surface area (Å²) < 4.78 is 24.6. The summed E-state index contributed by atoms with van der Waals surface area (Å²) >= 11 is 0.898. The Hall–Kier alpha value is -0.850. The maximum absolute atomic E-state index is 12.3. The average Bonchev–Trinajstić information content (AvgIpc) is 2.26. The molecule has 1 fully saturated rings. The molecular weight excluding hydrogens is 214 g/mol. The number of carbonyl (C=O) groups is 2. The molecule has 0 saturated carbocycles. The predicted molar refractivity (Wildman–Crippen MR) is 48.0 cm³/mol. The predicted octanol–water partition coefficient (Wildman–Crippen LogP) is -0.273. The van der Waals surface area contributed by atoms with Crippen LogP contribution in [0.1, 0.15) is 6.42 Å². The number of carbonyl (C=O) groups excluding carboxylic acids is 2. The Morgan fingerprint density at radius 3 is 2.79 bits per heavy atom. The fourth-order valence-electron chi connectivity index (χ4n) is 1.07. The molecular formula is C7H10F2N2O2S. The number of rotatable bonds is 2. The van der Waals surface area contributed by atoms with Gasteiger partial charge in [0.15, 0.2) is 0 Å². The van der Waals surface area contributed by atoms with Crippen molar-refractivity contribution in [1.29, 1.82) is 0 Å². The first-order chi connectivity index (χ1) is 6.50. The molecule has 4 nitrogen and oxygen atoms in total. The number of nitrogens with two attached hydrogens (primary N) is 1. The molecule has 0 aliphatic carbocycles. The van der Waals surface area contributed by atoms with E-state index in [2.05, 4.69) is 5.32 Å². The van der Waals surface area contributed by atoms with Gasteiger partial charge in [0.1, 0.15) is 6.04 Å². The van der Waals surface area contributed by atoms with Gasteiger partial charge in [-0.25, -0.2) is 8.78 Å². The van der Waals surface area contributed by atoms with E-state index in [0.29, 0.717) is 0 Å². The molecule has 0 aromatic heterocycles. The van der Waals surface area contributed by atoms with Crippen LogP contribution in [0.3, 0.4) is 0 Å². The van der Waals surface area contributed by atoms with Crippen LogP contribution in [0, 0.1) is 0 Å². The van der Waals surface area contributed by atoms with Gasteiger partial charge < -0.3 is 11.1 Å². The Balaban J connectivity index is 2.62. The normalized spacial score (nSPS) is 28.4. The molecule has 2 atom stereocenters. The lowest BCUT2D eigenvalue weighted by molar-refractivity contribution is -0.126. The van der Waals surface area contributed by atoms with Crippen LogP contribution in [0.4, 0.5) is 8.78 Å². The molecule has 3 N–H and O–H groups in total. The van der Waals surface area contributed by atoms with E-state index < -0.39 is 29.5 Å². The van der Waals surface area contributed by atoms with Gasteiger partial charge in [0.25, 0.3) is 6.43 Å². The number of primary amides is 1. The Labute approximate surface area is 83.6 Å². The van der Waals surface area contributed by atoms with Crippen LogP contribution in [-0.4, -0.2) is 35.3 Å².